The van der Waals surface area contributed by atoms with Crippen LogP contribution in [0.25, 0.3) is 11.0 Å². The third-order valence-electron chi connectivity index (χ3n) is 16.2. The van der Waals surface area contributed by atoms with Gasteiger partial charge in [-0.1, -0.05) is 44.2 Å². The monoisotopic (exact) mass is 1030 g/mol. The number of sulfonamides is 1. The van der Waals surface area contributed by atoms with Gasteiger partial charge in [0.1, 0.15) is 34.5 Å². The number of H-pyrrole nitrogens is 1. The Labute approximate surface area is 430 Å². The standard InChI is InChI=1S/C56H64F2N8O7S/c1-36(2)45-6-4-5-7-46(45)51-35-63(34-39-8-9-40(57)27-48(39)58)24-25-65(51)42-30-56(31-42)19-22-64(23-20-56)41-10-12-47(52(28-41)73-43-26-38-16-21-59-53(38)61-33-43)54(67)62-74(71,72)44-11-13-49(50(29-44)66(69)70)60-32-37-14-17-55(3,68)18-15-37/h4-13,16,21,26-29,33,36-37,42,51,60,68H,14-15,17-20,22-25,30-32,34-35H2,1-3H3,(H,59,61)(H,62,67)/t37-,51?,55-. The van der Waals surface area contributed by atoms with Crippen LogP contribution in [-0.2, 0) is 16.6 Å². The number of amides is 1. The van der Waals surface area contributed by atoms with Crippen LogP contribution in [0.3, 0.4) is 0 Å². The fourth-order valence-electron chi connectivity index (χ4n) is 11.8. The second kappa shape index (κ2) is 20.7. The van der Waals surface area contributed by atoms with Gasteiger partial charge in [0, 0.05) is 98.9 Å². The van der Waals surface area contributed by atoms with E-state index in [4.69, 9.17) is 4.74 Å². The smallest absolute Gasteiger partial charge is 0.293 e. The van der Waals surface area contributed by atoms with Gasteiger partial charge in [0.05, 0.1) is 27.2 Å². The number of piperazine rings is 1. The van der Waals surface area contributed by atoms with Gasteiger partial charge in [0.2, 0.25) is 0 Å². The molecule has 74 heavy (non-hydrogen) atoms. The molecule has 2 aromatic heterocycles. The highest BCUT2D eigenvalue weighted by atomic mass is 32.2. The Kier molecular flexibility index (Phi) is 14.3. The second-order valence-electron chi connectivity index (χ2n) is 21.6. The van der Waals surface area contributed by atoms with Crippen molar-refractivity contribution < 1.29 is 36.8 Å². The number of nitro benzene ring substituents is 1. The summed E-state index contributed by atoms with van der Waals surface area (Å²) < 4.78 is 64.8. The van der Waals surface area contributed by atoms with E-state index in [2.05, 4.69) is 72.8 Å². The van der Waals surface area contributed by atoms with Crippen molar-refractivity contribution in [2.45, 2.75) is 107 Å². The molecule has 1 amide bonds. The molecule has 10 rings (SSSR count). The number of ether oxygens (including phenoxy) is 1. The maximum Gasteiger partial charge on any atom is 0.293 e. The van der Waals surface area contributed by atoms with Gasteiger partial charge in [-0.3, -0.25) is 24.7 Å². The number of fused-ring (bicyclic) bond motifs is 1. The molecule has 15 nitrogen and oxygen atoms in total. The molecule has 4 aromatic carbocycles. The third kappa shape index (κ3) is 11.0. The van der Waals surface area contributed by atoms with E-state index in [9.17, 15) is 37.2 Å². The Morgan fingerprint density at radius 2 is 1.73 bits per heavy atom. The normalized spacial score (nSPS) is 21.7. The minimum atomic E-state index is -4.61. The summed E-state index contributed by atoms with van der Waals surface area (Å²) in [6, 6.07) is 25.2. The quantitative estimate of drug-likeness (QED) is 0.0564. The molecule has 18 heteroatoms. The number of nitrogens with one attached hydrogen (secondary N) is 3. The number of aromatic amines is 1. The van der Waals surface area contributed by atoms with Crippen molar-refractivity contribution in [3.05, 3.63) is 147 Å². The summed E-state index contributed by atoms with van der Waals surface area (Å²) in [5.74, 6) is -1.12. The van der Waals surface area contributed by atoms with Crippen LogP contribution in [0.5, 0.6) is 11.5 Å². The van der Waals surface area contributed by atoms with Crippen molar-refractivity contribution in [2.24, 2.45) is 11.3 Å². The first-order valence-electron chi connectivity index (χ1n) is 25.7. The summed E-state index contributed by atoms with van der Waals surface area (Å²) in [7, 11) is -4.61. The first-order chi connectivity index (χ1) is 35.4. The van der Waals surface area contributed by atoms with Crippen LogP contribution in [0.2, 0.25) is 0 Å². The lowest BCUT2D eigenvalue weighted by Gasteiger charge is -2.58. The van der Waals surface area contributed by atoms with Crippen molar-refractivity contribution in [1.29, 1.82) is 0 Å². The van der Waals surface area contributed by atoms with Crippen LogP contribution in [0.15, 0.2) is 108 Å². The molecule has 390 valence electrons. The van der Waals surface area contributed by atoms with E-state index < -0.39 is 48.7 Å². The summed E-state index contributed by atoms with van der Waals surface area (Å²) >= 11 is 0. The number of benzene rings is 4. The van der Waals surface area contributed by atoms with Crippen LogP contribution >= 0.6 is 0 Å². The number of halogens is 2. The number of piperidine rings is 1. The zero-order chi connectivity index (χ0) is 51.9. The maximum atomic E-state index is 14.9. The first-order valence-corrected chi connectivity index (χ1v) is 27.2. The molecule has 0 radical (unpaired) electrons. The van der Waals surface area contributed by atoms with E-state index in [1.54, 1.807) is 43.5 Å². The Morgan fingerprint density at radius 1 is 0.959 bits per heavy atom. The van der Waals surface area contributed by atoms with Crippen molar-refractivity contribution in [3.63, 3.8) is 0 Å². The molecule has 1 unspecified atom stereocenters. The Morgan fingerprint density at radius 3 is 2.47 bits per heavy atom. The van der Waals surface area contributed by atoms with Crippen molar-refractivity contribution in [3.8, 4) is 11.5 Å². The molecule has 0 bridgehead atoms. The molecule has 4 N–H and O–H groups in total. The lowest BCUT2D eigenvalue weighted by Crippen LogP contribution is -2.60. The zero-order valence-corrected chi connectivity index (χ0v) is 42.8. The molecule has 4 heterocycles. The number of rotatable bonds is 15. The van der Waals surface area contributed by atoms with Crippen LogP contribution in [0.4, 0.5) is 25.8 Å². The van der Waals surface area contributed by atoms with Crippen LogP contribution < -0.4 is 19.7 Å². The molecular weight excluding hydrogens is 967 g/mol. The average Bonchev–Trinajstić information content (AvgIpc) is 3.84. The minimum Gasteiger partial charge on any atom is -0.455 e. The predicted octanol–water partition coefficient (Wildman–Crippen LogP) is 10.4. The molecule has 2 saturated heterocycles. The Bertz CT molecular complexity index is 3160. The number of nitrogens with zero attached hydrogens (tertiary/aromatic N) is 5. The number of carbonyl (C=O) groups excluding carboxylic acids is 1. The van der Waals surface area contributed by atoms with Crippen LogP contribution in [-0.4, -0.2) is 95.0 Å². The van der Waals surface area contributed by atoms with Crippen molar-refractivity contribution in [2.75, 3.05) is 49.5 Å². The number of nitro groups is 1. The van der Waals surface area contributed by atoms with Gasteiger partial charge in [0.25, 0.3) is 21.6 Å². The molecule has 1 spiro atoms. The highest BCUT2D eigenvalue weighted by molar-refractivity contribution is 7.90. The van der Waals surface area contributed by atoms with Crippen LogP contribution in [0.1, 0.15) is 111 Å². The highest BCUT2D eigenvalue weighted by Gasteiger charge is 2.50. The molecule has 2 aliphatic carbocycles. The lowest BCUT2D eigenvalue weighted by molar-refractivity contribution is -0.384. The van der Waals surface area contributed by atoms with Gasteiger partial charge in [-0.05, 0) is 129 Å². The van der Waals surface area contributed by atoms with E-state index in [1.165, 1.54) is 35.5 Å². The average molecular weight is 1030 g/mol. The first kappa shape index (κ1) is 51.0. The predicted molar refractivity (Wildman–Crippen MR) is 280 cm³/mol. The summed E-state index contributed by atoms with van der Waals surface area (Å²) in [5.41, 5.74) is 3.63. The number of carbonyl (C=O) groups is 1. The summed E-state index contributed by atoms with van der Waals surface area (Å²) in [5, 5.41) is 26.4. The maximum absolute atomic E-state index is 14.9. The zero-order valence-electron chi connectivity index (χ0n) is 42.0. The van der Waals surface area contributed by atoms with Gasteiger partial charge in [-0.15, -0.1) is 0 Å². The van der Waals surface area contributed by atoms with E-state index in [0.717, 1.165) is 94.5 Å². The SMILES string of the molecule is CC(C)c1ccccc1C1CN(Cc2ccc(F)cc2F)CCN1C1CC2(CCN(c3ccc(C(=O)NS(=O)(=O)c4ccc(NC[C@H]5CC[C@](C)(O)CC5)c([N+](=O)[O-])c4)c(Oc4cnc5[nH]ccc5c4)c3)CC2)C1. The van der Waals surface area contributed by atoms with E-state index >= 15 is 0 Å². The number of aromatic nitrogens is 2. The largest absolute Gasteiger partial charge is 0.455 e. The van der Waals surface area contributed by atoms with Gasteiger partial charge in [-0.2, -0.15) is 0 Å². The Hall–Kier alpha value is -6.47. The van der Waals surface area contributed by atoms with E-state index in [1.807, 2.05) is 6.07 Å². The fraction of sp³-hybridized carbons (Fsp3) is 0.429. The van der Waals surface area contributed by atoms with E-state index in [-0.39, 0.29) is 34.4 Å². The van der Waals surface area contributed by atoms with Crippen molar-refractivity contribution >= 4 is 44.0 Å². The molecule has 4 fully saturated rings. The molecule has 4 aliphatic rings. The number of anilines is 2. The molecule has 6 aromatic rings. The van der Waals surface area contributed by atoms with Crippen LogP contribution in [0, 0.1) is 33.1 Å². The minimum absolute atomic E-state index is 0.0578. The summed E-state index contributed by atoms with van der Waals surface area (Å²) in [4.78, 5) is 39.9. The molecule has 1 atom stereocenters. The van der Waals surface area contributed by atoms with Gasteiger partial charge in [0.15, 0.2) is 0 Å². The summed E-state index contributed by atoms with van der Waals surface area (Å²) in [6.45, 7) is 10.9. The highest BCUT2D eigenvalue weighted by Crippen LogP contribution is 2.53. The topological polar surface area (TPSA) is 186 Å². The van der Waals surface area contributed by atoms with Gasteiger partial charge < -0.3 is 25.0 Å². The number of hydrogen-bond donors (Lipinski definition) is 4. The lowest BCUT2D eigenvalue weighted by atomic mass is 9.59. The Balaban J connectivity index is 0.833. The molecule has 2 aliphatic heterocycles. The number of pyridine rings is 1. The molecule has 2 saturated carbocycles. The van der Waals surface area contributed by atoms with Gasteiger partial charge in [-0.25, -0.2) is 26.9 Å². The summed E-state index contributed by atoms with van der Waals surface area (Å²) in [6.07, 6.45) is 10.0. The third-order valence-corrected chi connectivity index (χ3v) is 17.5. The van der Waals surface area contributed by atoms with Crippen molar-refractivity contribution in [1.82, 2.24) is 24.5 Å². The fourth-order valence-corrected chi connectivity index (χ4v) is 12.8. The van der Waals surface area contributed by atoms with Gasteiger partial charge >= 0.3 is 0 Å². The van der Waals surface area contributed by atoms with E-state index in [0.29, 0.717) is 54.9 Å². The molecular formula is C56H64F2N8O7S. The second-order valence-corrected chi connectivity index (χ2v) is 23.3. The number of aliphatic hydroxyl groups is 1. The number of hydrogen-bond acceptors (Lipinski definition) is 12.